The minimum Gasteiger partial charge on any atom is -0.363 e. The summed E-state index contributed by atoms with van der Waals surface area (Å²) < 4.78 is 47.2. The van der Waals surface area contributed by atoms with Gasteiger partial charge in [0.15, 0.2) is 11.8 Å². The number of carbonyl (C=O) groups excluding carboxylic acids is 1. The molecule has 3 aromatic rings. The molecular weight excluding hydrogens is 421 g/mol. The van der Waals surface area contributed by atoms with Crippen molar-refractivity contribution in [2.75, 3.05) is 19.7 Å². The zero-order valence-electron chi connectivity index (χ0n) is 17.6. The summed E-state index contributed by atoms with van der Waals surface area (Å²) in [6.07, 6.45) is -2.90. The first-order valence-corrected chi connectivity index (χ1v) is 10.7. The number of halogens is 3. The van der Waals surface area contributed by atoms with Crippen molar-refractivity contribution in [2.24, 2.45) is 0 Å². The highest BCUT2D eigenvalue weighted by Crippen LogP contribution is 2.34. The Bertz CT molecular complexity index is 1170. The third-order valence-electron chi connectivity index (χ3n) is 6.23. The van der Waals surface area contributed by atoms with Crippen LogP contribution in [-0.4, -0.2) is 45.1 Å². The molecule has 32 heavy (non-hydrogen) atoms. The zero-order chi connectivity index (χ0) is 22.5. The van der Waals surface area contributed by atoms with Crippen LogP contribution in [0.15, 0.2) is 36.4 Å². The van der Waals surface area contributed by atoms with Crippen molar-refractivity contribution in [2.45, 2.75) is 44.4 Å². The molecule has 0 saturated carbocycles. The number of hydrogen-bond donors (Lipinski definition) is 0. The van der Waals surface area contributed by atoms with Crippen molar-refractivity contribution >= 4 is 11.6 Å². The standard InChI is InChI=1S/C23H23F3N4O2/c1-14-11-19(23(24,25)26)30-20(27-14)12-18(28-30)16-6-4-9-29(13-16)22(31)21-17-7-3-2-5-15(17)8-10-32-21/h2-3,5,7,11-12,16,21H,4,6,8-10,13H2,1H3/t16-,21-/m0/s1. The van der Waals surface area contributed by atoms with Crippen LogP contribution in [0.5, 0.6) is 0 Å². The van der Waals surface area contributed by atoms with Crippen molar-refractivity contribution in [3.63, 3.8) is 0 Å². The Morgan fingerprint density at radius 2 is 2.03 bits per heavy atom. The Hall–Kier alpha value is -2.94. The number of amides is 1. The molecule has 1 aromatic carbocycles. The molecule has 0 unspecified atom stereocenters. The van der Waals surface area contributed by atoms with Gasteiger partial charge in [0, 0.05) is 30.8 Å². The molecule has 1 amide bonds. The number of aryl methyl sites for hydroxylation is 1. The van der Waals surface area contributed by atoms with Crippen LogP contribution in [0.4, 0.5) is 13.2 Å². The summed E-state index contributed by atoms with van der Waals surface area (Å²) in [4.78, 5) is 19.3. The van der Waals surface area contributed by atoms with Crippen LogP contribution in [0.25, 0.3) is 5.65 Å². The zero-order valence-corrected chi connectivity index (χ0v) is 17.6. The highest BCUT2D eigenvalue weighted by molar-refractivity contribution is 5.83. The smallest absolute Gasteiger partial charge is 0.363 e. The first kappa shape index (κ1) is 20.9. The predicted octanol–water partition coefficient (Wildman–Crippen LogP) is 4.08. The van der Waals surface area contributed by atoms with Crippen molar-refractivity contribution in [1.29, 1.82) is 0 Å². The van der Waals surface area contributed by atoms with Gasteiger partial charge in [-0.1, -0.05) is 24.3 Å². The van der Waals surface area contributed by atoms with Crippen molar-refractivity contribution < 1.29 is 22.7 Å². The van der Waals surface area contributed by atoms with Gasteiger partial charge in [-0.25, -0.2) is 9.50 Å². The van der Waals surface area contributed by atoms with E-state index < -0.39 is 18.0 Å². The molecular formula is C23H23F3N4O2. The third-order valence-corrected chi connectivity index (χ3v) is 6.23. The first-order valence-electron chi connectivity index (χ1n) is 10.7. The van der Waals surface area contributed by atoms with E-state index in [9.17, 15) is 18.0 Å². The van der Waals surface area contributed by atoms with Gasteiger partial charge >= 0.3 is 6.18 Å². The number of aromatic nitrogens is 3. The highest BCUT2D eigenvalue weighted by Gasteiger charge is 2.37. The predicted molar refractivity (Wildman–Crippen MR) is 110 cm³/mol. The van der Waals surface area contributed by atoms with Gasteiger partial charge < -0.3 is 9.64 Å². The maximum atomic E-state index is 13.5. The Morgan fingerprint density at radius 1 is 1.22 bits per heavy atom. The second kappa shape index (κ2) is 7.88. The van der Waals surface area contributed by atoms with Crippen molar-refractivity contribution in [1.82, 2.24) is 19.5 Å². The van der Waals surface area contributed by atoms with E-state index in [0.717, 1.165) is 41.0 Å². The third kappa shape index (κ3) is 3.74. The summed E-state index contributed by atoms with van der Waals surface area (Å²) in [5, 5.41) is 4.25. The number of piperidine rings is 1. The van der Waals surface area contributed by atoms with Crippen LogP contribution in [0.3, 0.4) is 0 Å². The minimum atomic E-state index is -4.53. The fourth-order valence-corrected chi connectivity index (χ4v) is 4.70. The number of rotatable bonds is 2. The SMILES string of the molecule is Cc1cc(C(F)(F)F)n2nc([C@H]3CCCN(C(=O)[C@H]4OCCc5ccccc54)C3)cc2n1. The maximum Gasteiger partial charge on any atom is 0.433 e. The number of carbonyl (C=O) groups is 1. The van der Waals surface area contributed by atoms with Crippen LogP contribution < -0.4 is 0 Å². The van der Waals surface area contributed by atoms with E-state index in [0.29, 0.717) is 25.4 Å². The average Bonchev–Trinajstić information content (AvgIpc) is 3.21. The normalized spacial score (nSPS) is 21.6. The molecule has 2 aliphatic heterocycles. The lowest BCUT2D eigenvalue weighted by atomic mass is 9.92. The van der Waals surface area contributed by atoms with Gasteiger partial charge in [0.05, 0.1) is 12.3 Å². The van der Waals surface area contributed by atoms with E-state index in [1.165, 1.54) is 6.92 Å². The van der Waals surface area contributed by atoms with Gasteiger partial charge in [-0.15, -0.1) is 0 Å². The number of hydrogen-bond acceptors (Lipinski definition) is 4. The fraction of sp³-hybridized carbons (Fsp3) is 0.435. The van der Waals surface area contributed by atoms with Gasteiger partial charge in [-0.3, -0.25) is 4.79 Å². The second-order valence-corrected chi connectivity index (χ2v) is 8.44. The van der Waals surface area contributed by atoms with Crippen molar-refractivity contribution in [3.8, 4) is 0 Å². The summed E-state index contributed by atoms with van der Waals surface area (Å²) in [6, 6.07) is 10.4. The molecule has 0 N–H and O–H groups in total. The molecule has 0 bridgehead atoms. The quantitative estimate of drug-likeness (QED) is 0.598. The van der Waals surface area contributed by atoms with Crippen LogP contribution in [0.1, 0.15) is 53.1 Å². The highest BCUT2D eigenvalue weighted by atomic mass is 19.4. The minimum absolute atomic E-state index is 0.101. The van der Waals surface area contributed by atoms with E-state index in [-0.39, 0.29) is 23.2 Å². The molecule has 2 aromatic heterocycles. The summed E-state index contributed by atoms with van der Waals surface area (Å²) in [5.41, 5.74) is 2.14. The Balaban J connectivity index is 1.41. The summed E-state index contributed by atoms with van der Waals surface area (Å²) in [6.45, 7) is 3.01. The number of benzene rings is 1. The Morgan fingerprint density at radius 3 is 2.84 bits per heavy atom. The molecule has 1 saturated heterocycles. The van der Waals surface area contributed by atoms with Crippen LogP contribution in [0, 0.1) is 6.92 Å². The molecule has 4 heterocycles. The molecule has 5 rings (SSSR count). The van der Waals surface area contributed by atoms with Crippen molar-refractivity contribution in [3.05, 3.63) is 64.6 Å². The first-order chi connectivity index (χ1) is 15.3. The van der Waals surface area contributed by atoms with Gasteiger partial charge in [-0.2, -0.15) is 18.3 Å². The molecule has 0 aliphatic carbocycles. The molecule has 9 heteroatoms. The molecule has 2 aliphatic rings. The molecule has 0 radical (unpaired) electrons. The second-order valence-electron chi connectivity index (χ2n) is 8.44. The molecule has 2 atom stereocenters. The lowest BCUT2D eigenvalue weighted by molar-refractivity contribution is -0.146. The molecule has 168 valence electrons. The number of alkyl halides is 3. The Kier molecular flexibility index (Phi) is 5.16. The number of ether oxygens (including phenoxy) is 1. The Labute approximate surface area is 183 Å². The summed E-state index contributed by atoms with van der Waals surface area (Å²) >= 11 is 0. The molecule has 1 fully saturated rings. The number of likely N-dealkylation sites (tertiary alicyclic amines) is 1. The lowest BCUT2D eigenvalue weighted by Crippen LogP contribution is -2.43. The fourth-order valence-electron chi connectivity index (χ4n) is 4.70. The maximum absolute atomic E-state index is 13.5. The van der Waals surface area contributed by atoms with Gasteiger partial charge in [0.1, 0.15) is 5.69 Å². The van der Waals surface area contributed by atoms with Gasteiger partial charge in [0.25, 0.3) is 5.91 Å². The van der Waals surface area contributed by atoms with E-state index in [1.54, 1.807) is 11.0 Å². The lowest BCUT2D eigenvalue weighted by Gasteiger charge is -2.35. The van der Waals surface area contributed by atoms with E-state index in [2.05, 4.69) is 10.1 Å². The van der Waals surface area contributed by atoms with Gasteiger partial charge in [-0.05, 0) is 43.4 Å². The van der Waals surface area contributed by atoms with E-state index >= 15 is 0 Å². The van der Waals surface area contributed by atoms with Crippen LogP contribution in [0.2, 0.25) is 0 Å². The number of fused-ring (bicyclic) bond motifs is 2. The molecule has 6 nitrogen and oxygen atoms in total. The molecule has 0 spiro atoms. The van der Waals surface area contributed by atoms with E-state index in [4.69, 9.17) is 4.74 Å². The topological polar surface area (TPSA) is 59.7 Å². The largest absolute Gasteiger partial charge is 0.433 e. The summed E-state index contributed by atoms with van der Waals surface area (Å²) in [7, 11) is 0. The van der Waals surface area contributed by atoms with Crippen LogP contribution in [-0.2, 0) is 22.1 Å². The average molecular weight is 444 g/mol. The van der Waals surface area contributed by atoms with Crippen LogP contribution >= 0.6 is 0 Å². The monoisotopic (exact) mass is 444 g/mol. The number of nitrogens with zero attached hydrogens (tertiary/aromatic N) is 4. The van der Waals surface area contributed by atoms with E-state index in [1.807, 2.05) is 24.3 Å². The van der Waals surface area contributed by atoms with Gasteiger partial charge in [0.2, 0.25) is 0 Å². The summed E-state index contributed by atoms with van der Waals surface area (Å²) in [5.74, 6) is -0.259.